The van der Waals surface area contributed by atoms with Gasteiger partial charge in [-0.2, -0.15) is 0 Å². The fourth-order valence-corrected chi connectivity index (χ4v) is 4.45. The Bertz CT molecular complexity index is 771. The molecule has 0 unspecified atom stereocenters. The van der Waals surface area contributed by atoms with Crippen molar-refractivity contribution in [2.75, 3.05) is 11.9 Å². The summed E-state index contributed by atoms with van der Waals surface area (Å²) in [5.74, 6) is -0.232. The monoisotopic (exact) mass is 385 g/mol. The fraction of sp³-hybridized carbons (Fsp3) is 0.455. The number of thiophene rings is 1. The molecule has 0 bridgehead atoms. The third-order valence-electron chi connectivity index (χ3n) is 5.16. The van der Waals surface area contributed by atoms with E-state index in [4.69, 9.17) is 4.74 Å². The summed E-state index contributed by atoms with van der Waals surface area (Å²) in [6.07, 6.45) is 6.76. The first-order valence-corrected chi connectivity index (χ1v) is 10.6. The van der Waals surface area contributed by atoms with E-state index in [1.165, 1.54) is 46.6 Å². The van der Waals surface area contributed by atoms with Crippen LogP contribution in [-0.2, 0) is 22.4 Å². The predicted molar refractivity (Wildman–Crippen MR) is 110 cm³/mol. The van der Waals surface area contributed by atoms with Gasteiger partial charge in [0, 0.05) is 10.6 Å². The van der Waals surface area contributed by atoms with E-state index in [2.05, 4.69) is 19.2 Å². The van der Waals surface area contributed by atoms with E-state index in [1.807, 2.05) is 30.3 Å². The van der Waals surface area contributed by atoms with Crippen molar-refractivity contribution in [2.45, 2.75) is 58.3 Å². The molecule has 5 heteroatoms. The standard InChI is InChI=1S/C22H27NO3S/c1-3-15(2)16-9-11-18(12-10-16)23-21(24)14-26-22(25)20-13-17-7-5-4-6-8-19(17)27-20/h9-13,15H,3-8,14H2,1-2H3,(H,23,24)/t15-/m1/s1. The Balaban J connectivity index is 1.51. The smallest absolute Gasteiger partial charge is 0.348 e. The number of hydrogen-bond donors (Lipinski definition) is 1. The van der Waals surface area contributed by atoms with E-state index in [1.54, 1.807) is 0 Å². The molecule has 3 rings (SSSR count). The van der Waals surface area contributed by atoms with E-state index in [-0.39, 0.29) is 12.5 Å². The molecule has 1 aliphatic carbocycles. The lowest BCUT2D eigenvalue weighted by atomic mass is 9.99. The molecule has 1 aromatic heterocycles. The Kier molecular flexibility index (Phi) is 6.67. The highest BCUT2D eigenvalue weighted by atomic mass is 32.1. The van der Waals surface area contributed by atoms with Crippen LogP contribution in [0.15, 0.2) is 30.3 Å². The molecule has 2 aromatic rings. The molecule has 1 N–H and O–H groups in total. The number of esters is 1. The van der Waals surface area contributed by atoms with E-state index < -0.39 is 5.97 Å². The van der Waals surface area contributed by atoms with Gasteiger partial charge < -0.3 is 10.1 Å². The molecule has 4 nitrogen and oxygen atoms in total. The van der Waals surface area contributed by atoms with Crippen LogP contribution >= 0.6 is 11.3 Å². The molecule has 0 spiro atoms. The van der Waals surface area contributed by atoms with E-state index in [9.17, 15) is 9.59 Å². The molecule has 0 aliphatic heterocycles. The molecule has 0 saturated heterocycles. The van der Waals surface area contributed by atoms with Gasteiger partial charge in [-0.15, -0.1) is 11.3 Å². The number of aryl methyl sites for hydroxylation is 2. The van der Waals surface area contributed by atoms with Crippen LogP contribution in [0.1, 0.15) is 71.1 Å². The van der Waals surface area contributed by atoms with Gasteiger partial charge in [-0.25, -0.2) is 4.79 Å². The maximum Gasteiger partial charge on any atom is 0.348 e. The van der Waals surface area contributed by atoms with Crippen molar-refractivity contribution in [3.05, 3.63) is 51.2 Å². The van der Waals surface area contributed by atoms with Crippen molar-refractivity contribution in [3.8, 4) is 0 Å². The van der Waals surface area contributed by atoms with Crippen LogP contribution in [0.5, 0.6) is 0 Å². The molecule has 144 valence electrons. The van der Waals surface area contributed by atoms with Gasteiger partial charge in [-0.1, -0.05) is 32.4 Å². The minimum absolute atomic E-state index is 0.269. The van der Waals surface area contributed by atoms with Crippen LogP contribution in [0.3, 0.4) is 0 Å². The first kappa shape index (κ1) is 19.6. The quantitative estimate of drug-likeness (QED) is 0.540. The Morgan fingerprint density at radius 1 is 1.15 bits per heavy atom. The summed E-state index contributed by atoms with van der Waals surface area (Å²) >= 11 is 1.51. The number of nitrogens with one attached hydrogen (secondary N) is 1. The summed E-state index contributed by atoms with van der Waals surface area (Å²) in [6.45, 7) is 4.06. The molecule has 27 heavy (non-hydrogen) atoms. The van der Waals surface area contributed by atoms with Gasteiger partial charge in [-0.3, -0.25) is 4.79 Å². The first-order chi connectivity index (χ1) is 13.1. The van der Waals surface area contributed by atoms with Crippen LogP contribution in [-0.4, -0.2) is 18.5 Å². The molecule has 1 aliphatic rings. The number of anilines is 1. The number of carbonyl (C=O) groups is 2. The average Bonchev–Trinajstić information content (AvgIpc) is 2.96. The van der Waals surface area contributed by atoms with E-state index in [0.717, 1.165) is 19.3 Å². The van der Waals surface area contributed by atoms with Gasteiger partial charge in [-0.05, 0) is 67.3 Å². The fourth-order valence-electron chi connectivity index (χ4n) is 3.30. The highest BCUT2D eigenvalue weighted by Crippen LogP contribution is 2.29. The Morgan fingerprint density at radius 2 is 1.89 bits per heavy atom. The van der Waals surface area contributed by atoms with E-state index >= 15 is 0 Å². The average molecular weight is 386 g/mol. The number of fused-ring (bicyclic) bond motifs is 1. The van der Waals surface area contributed by atoms with Crippen LogP contribution in [0.2, 0.25) is 0 Å². The van der Waals surface area contributed by atoms with Gasteiger partial charge in [0.1, 0.15) is 4.88 Å². The van der Waals surface area contributed by atoms with Crippen LogP contribution in [0.4, 0.5) is 5.69 Å². The second kappa shape index (κ2) is 9.18. The minimum Gasteiger partial charge on any atom is -0.451 e. The number of ether oxygens (including phenoxy) is 1. The summed E-state index contributed by atoms with van der Waals surface area (Å²) in [5, 5.41) is 2.78. The van der Waals surface area contributed by atoms with Crippen molar-refractivity contribution in [2.24, 2.45) is 0 Å². The number of amides is 1. The normalized spacial score (nSPS) is 14.7. The second-order valence-corrected chi connectivity index (χ2v) is 8.31. The van der Waals surface area contributed by atoms with Crippen molar-refractivity contribution in [3.63, 3.8) is 0 Å². The van der Waals surface area contributed by atoms with Crippen molar-refractivity contribution >= 4 is 28.9 Å². The Hall–Kier alpha value is -2.14. The van der Waals surface area contributed by atoms with Crippen molar-refractivity contribution < 1.29 is 14.3 Å². The number of hydrogen-bond acceptors (Lipinski definition) is 4. The summed E-state index contributed by atoms with van der Waals surface area (Å²) in [7, 11) is 0. The molecule has 0 saturated carbocycles. The second-order valence-electron chi connectivity index (χ2n) is 7.18. The lowest BCUT2D eigenvalue weighted by Crippen LogP contribution is -2.20. The summed E-state index contributed by atoms with van der Waals surface area (Å²) in [4.78, 5) is 26.2. The van der Waals surface area contributed by atoms with Gasteiger partial charge in [0.15, 0.2) is 6.61 Å². The van der Waals surface area contributed by atoms with Crippen molar-refractivity contribution in [1.29, 1.82) is 0 Å². The highest BCUT2D eigenvalue weighted by Gasteiger charge is 2.18. The first-order valence-electron chi connectivity index (χ1n) is 9.75. The number of benzene rings is 1. The molecular formula is C22H27NO3S. The topological polar surface area (TPSA) is 55.4 Å². The minimum atomic E-state index is -0.407. The third kappa shape index (κ3) is 5.19. The molecule has 1 amide bonds. The molecule has 0 radical (unpaired) electrons. The van der Waals surface area contributed by atoms with Gasteiger partial charge in [0.05, 0.1) is 0 Å². The summed E-state index contributed by atoms with van der Waals surface area (Å²) in [5.41, 5.74) is 3.24. The Labute approximate surface area is 164 Å². The maximum atomic E-state index is 12.3. The zero-order valence-corrected chi connectivity index (χ0v) is 16.9. The van der Waals surface area contributed by atoms with Gasteiger partial charge in [0.2, 0.25) is 0 Å². The Morgan fingerprint density at radius 3 is 2.63 bits per heavy atom. The van der Waals surface area contributed by atoms with Crippen molar-refractivity contribution in [1.82, 2.24) is 0 Å². The number of carbonyl (C=O) groups excluding carboxylic acids is 2. The molecule has 1 aromatic carbocycles. The van der Waals surface area contributed by atoms with Crippen LogP contribution in [0.25, 0.3) is 0 Å². The zero-order valence-electron chi connectivity index (χ0n) is 16.0. The summed E-state index contributed by atoms with van der Waals surface area (Å²) < 4.78 is 5.21. The molecular weight excluding hydrogens is 358 g/mol. The third-order valence-corrected chi connectivity index (χ3v) is 6.38. The number of rotatable bonds is 6. The predicted octanol–water partition coefficient (Wildman–Crippen LogP) is 5.33. The highest BCUT2D eigenvalue weighted by molar-refractivity contribution is 7.14. The maximum absolute atomic E-state index is 12.3. The van der Waals surface area contributed by atoms with Gasteiger partial charge in [0.25, 0.3) is 5.91 Å². The van der Waals surface area contributed by atoms with Crippen LogP contribution in [0, 0.1) is 0 Å². The molecule has 0 fully saturated rings. The largest absolute Gasteiger partial charge is 0.451 e. The lowest BCUT2D eigenvalue weighted by molar-refractivity contribution is -0.119. The van der Waals surface area contributed by atoms with Crippen LogP contribution < -0.4 is 5.32 Å². The zero-order chi connectivity index (χ0) is 19.2. The summed E-state index contributed by atoms with van der Waals surface area (Å²) in [6, 6.07) is 9.76. The lowest BCUT2D eigenvalue weighted by Gasteiger charge is -2.10. The molecule has 1 heterocycles. The van der Waals surface area contributed by atoms with E-state index in [0.29, 0.717) is 16.5 Å². The molecule has 1 atom stereocenters. The van der Waals surface area contributed by atoms with Gasteiger partial charge >= 0.3 is 5.97 Å². The SMILES string of the molecule is CC[C@@H](C)c1ccc(NC(=O)COC(=O)c2cc3c(s2)CCCCC3)cc1.